The van der Waals surface area contributed by atoms with Crippen LogP contribution < -0.4 is 10.6 Å². The van der Waals surface area contributed by atoms with Crippen LogP contribution in [0.15, 0.2) is 48.5 Å². The highest BCUT2D eigenvalue weighted by molar-refractivity contribution is 6.30. The first-order valence-corrected chi connectivity index (χ1v) is 7.01. The third-order valence-electron chi connectivity index (χ3n) is 3.30. The Hall–Kier alpha value is -1.58. The lowest BCUT2D eigenvalue weighted by atomic mass is 10.0. The Labute approximate surface area is 124 Å². The molecule has 0 radical (unpaired) electrons. The zero-order valence-corrected chi connectivity index (χ0v) is 12.1. The molecular formula is C16H18ClFN2. The van der Waals surface area contributed by atoms with Crippen LogP contribution in [0.5, 0.6) is 0 Å². The van der Waals surface area contributed by atoms with Gasteiger partial charge >= 0.3 is 0 Å². The molecule has 2 aromatic carbocycles. The van der Waals surface area contributed by atoms with Crippen LogP contribution >= 0.6 is 11.6 Å². The third-order valence-corrected chi connectivity index (χ3v) is 3.52. The highest BCUT2D eigenvalue weighted by Crippen LogP contribution is 2.28. The summed E-state index contributed by atoms with van der Waals surface area (Å²) in [5, 5.41) is 0.391. The molecule has 2 rings (SSSR count). The summed E-state index contributed by atoms with van der Waals surface area (Å²) in [6.45, 7) is 3.22. The molecule has 0 heterocycles. The smallest absolute Gasteiger partial charge is 0.125 e. The summed E-state index contributed by atoms with van der Waals surface area (Å²) in [5.74, 6) is -0.338. The predicted octanol–water partition coefficient (Wildman–Crippen LogP) is 4.01. The van der Waals surface area contributed by atoms with Crippen molar-refractivity contribution in [2.75, 3.05) is 18.0 Å². The lowest BCUT2D eigenvalue weighted by Gasteiger charge is -2.32. The minimum absolute atomic E-state index is 0.101. The van der Waals surface area contributed by atoms with Crippen LogP contribution in [0.3, 0.4) is 0 Å². The average Bonchev–Trinajstić information content (AvgIpc) is 2.44. The molecular weight excluding hydrogens is 275 g/mol. The molecule has 20 heavy (non-hydrogen) atoms. The number of hydrogen-bond acceptors (Lipinski definition) is 2. The van der Waals surface area contributed by atoms with E-state index in [2.05, 4.69) is 11.8 Å². The van der Waals surface area contributed by atoms with E-state index in [1.807, 2.05) is 30.3 Å². The molecule has 0 spiro atoms. The first kappa shape index (κ1) is 14.8. The Balaban J connectivity index is 2.39. The summed E-state index contributed by atoms with van der Waals surface area (Å²) in [5.41, 5.74) is 7.77. The Kier molecular flexibility index (Phi) is 4.99. The van der Waals surface area contributed by atoms with Gasteiger partial charge in [-0.3, -0.25) is 0 Å². The van der Waals surface area contributed by atoms with Crippen LogP contribution in [0, 0.1) is 5.82 Å². The van der Waals surface area contributed by atoms with Crippen LogP contribution in [-0.2, 0) is 0 Å². The molecule has 1 unspecified atom stereocenters. The highest BCUT2D eigenvalue weighted by Gasteiger charge is 2.19. The van der Waals surface area contributed by atoms with Gasteiger partial charge in [0.25, 0.3) is 0 Å². The molecule has 0 aromatic heterocycles. The molecule has 1 atom stereocenters. The molecule has 2 nitrogen and oxygen atoms in total. The van der Waals surface area contributed by atoms with Crippen molar-refractivity contribution < 1.29 is 4.39 Å². The van der Waals surface area contributed by atoms with Crippen LogP contribution in [0.4, 0.5) is 10.1 Å². The van der Waals surface area contributed by atoms with Gasteiger partial charge in [0.15, 0.2) is 0 Å². The number of nitrogens with two attached hydrogens (primary N) is 1. The quantitative estimate of drug-likeness (QED) is 0.902. The van der Waals surface area contributed by atoms with Crippen LogP contribution in [0.25, 0.3) is 0 Å². The minimum Gasteiger partial charge on any atom is -0.363 e. The van der Waals surface area contributed by atoms with Gasteiger partial charge in [0, 0.05) is 23.8 Å². The van der Waals surface area contributed by atoms with Gasteiger partial charge in [-0.1, -0.05) is 29.8 Å². The van der Waals surface area contributed by atoms with E-state index in [9.17, 15) is 4.39 Å². The first-order valence-electron chi connectivity index (χ1n) is 6.63. The number of halogens is 2. The number of rotatable bonds is 5. The number of benzene rings is 2. The number of para-hydroxylation sites is 1. The monoisotopic (exact) mass is 292 g/mol. The minimum atomic E-state index is -0.338. The van der Waals surface area contributed by atoms with Gasteiger partial charge in [0.2, 0.25) is 0 Å². The third kappa shape index (κ3) is 3.30. The summed E-state index contributed by atoms with van der Waals surface area (Å²) in [4.78, 5) is 2.14. The summed E-state index contributed by atoms with van der Waals surface area (Å²) >= 11 is 5.95. The van der Waals surface area contributed by atoms with E-state index in [1.54, 1.807) is 6.07 Å². The number of anilines is 1. The fourth-order valence-corrected chi connectivity index (χ4v) is 2.64. The Morgan fingerprint density at radius 3 is 2.45 bits per heavy atom. The molecule has 0 saturated heterocycles. The van der Waals surface area contributed by atoms with Crippen molar-refractivity contribution in [1.29, 1.82) is 0 Å². The Morgan fingerprint density at radius 2 is 1.90 bits per heavy atom. The summed E-state index contributed by atoms with van der Waals surface area (Å²) in [6, 6.07) is 14.4. The molecule has 0 saturated carbocycles. The second-order valence-corrected chi connectivity index (χ2v) is 5.01. The second kappa shape index (κ2) is 6.73. The molecule has 0 aliphatic heterocycles. The summed E-state index contributed by atoms with van der Waals surface area (Å²) < 4.78 is 13.6. The lowest BCUT2D eigenvalue weighted by molar-refractivity contribution is 0.607. The molecule has 0 amide bonds. The first-order chi connectivity index (χ1) is 9.65. The van der Waals surface area contributed by atoms with Crippen molar-refractivity contribution in [3.63, 3.8) is 0 Å². The van der Waals surface area contributed by atoms with Crippen LogP contribution in [0.2, 0.25) is 5.02 Å². The fourth-order valence-electron chi connectivity index (χ4n) is 2.41. The molecule has 0 aliphatic carbocycles. The highest BCUT2D eigenvalue weighted by atomic mass is 35.5. The topological polar surface area (TPSA) is 29.3 Å². The molecule has 0 aliphatic rings. The van der Waals surface area contributed by atoms with E-state index in [0.29, 0.717) is 11.6 Å². The van der Waals surface area contributed by atoms with E-state index in [-0.39, 0.29) is 11.9 Å². The average molecular weight is 293 g/mol. The molecule has 2 aromatic rings. The normalized spacial score (nSPS) is 12.2. The van der Waals surface area contributed by atoms with E-state index in [0.717, 1.165) is 17.8 Å². The SMILES string of the molecule is CCN(c1ccccc1)C(CN)c1cc(F)cc(Cl)c1. The number of likely N-dealkylation sites (N-methyl/N-ethyl adjacent to an activating group) is 1. The van der Waals surface area contributed by atoms with Crippen LogP contribution in [0.1, 0.15) is 18.5 Å². The van der Waals surface area contributed by atoms with Gasteiger partial charge in [0.05, 0.1) is 6.04 Å². The Morgan fingerprint density at radius 1 is 1.20 bits per heavy atom. The van der Waals surface area contributed by atoms with Gasteiger partial charge in [-0.05, 0) is 42.8 Å². The number of nitrogens with zero attached hydrogens (tertiary/aromatic N) is 1. The van der Waals surface area contributed by atoms with Crippen molar-refractivity contribution in [3.05, 3.63) is 64.9 Å². The molecule has 2 N–H and O–H groups in total. The molecule has 0 fully saturated rings. The second-order valence-electron chi connectivity index (χ2n) is 4.58. The van der Waals surface area contributed by atoms with E-state index >= 15 is 0 Å². The molecule has 4 heteroatoms. The summed E-state index contributed by atoms with van der Waals surface area (Å²) in [6.07, 6.45) is 0. The zero-order valence-electron chi connectivity index (χ0n) is 11.4. The predicted molar refractivity (Wildman–Crippen MR) is 82.7 cm³/mol. The Bertz CT molecular complexity index is 539. The number of hydrogen-bond donors (Lipinski definition) is 1. The molecule has 0 bridgehead atoms. The van der Waals surface area contributed by atoms with Gasteiger partial charge < -0.3 is 10.6 Å². The standard InChI is InChI=1S/C16H18ClFN2/c1-2-20(15-6-4-3-5-7-15)16(11-19)12-8-13(17)10-14(18)9-12/h3-10,16H,2,11,19H2,1H3. The zero-order chi connectivity index (χ0) is 14.5. The lowest BCUT2D eigenvalue weighted by Crippen LogP contribution is -2.33. The van der Waals surface area contributed by atoms with Gasteiger partial charge in [-0.15, -0.1) is 0 Å². The van der Waals surface area contributed by atoms with Crippen LogP contribution in [-0.4, -0.2) is 13.1 Å². The van der Waals surface area contributed by atoms with E-state index < -0.39 is 0 Å². The van der Waals surface area contributed by atoms with Crippen molar-refractivity contribution >= 4 is 17.3 Å². The van der Waals surface area contributed by atoms with Crippen molar-refractivity contribution in [2.45, 2.75) is 13.0 Å². The summed E-state index contributed by atoms with van der Waals surface area (Å²) in [7, 11) is 0. The van der Waals surface area contributed by atoms with Crippen molar-refractivity contribution in [1.82, 2.24) is 0 Å². The maximum absolute atomic E-state index is 13.6. The van der Waals surface area contributed by atoms with Crippen molar-refractivity contribution in [2.24, 2.45) is 5.73 Å². The maximum atomic E-state index is 13.6. The maximum Gasteiger partial charge on any atom is 0.125 e. The van der Waals surface area contributed by atoms with E-state index in [1.165, 1.54) is 12.1 Å². The van der Waals surface area contributed by atoms with E-state index in [4.69, 9.17) is 17.3 Å². The van der Waals surface area contributed by atoms with Gasteiger partial charge in [0.1, 0.15) is 5.82 Å². The van der Waals surface area contributed by atoms with Crippen molar-refractivity contribution in [3.8, 4) is 0 Å². The molecule has 106 valence electrons. The largest absolute Gasteiger partial charge is 0.363 e. The van der Waals surface area contributed by atoms with Gasteiger partial charge in [-0.2, -0.15) is 0 Å². The fraction of sp³-hybridized carbons (Fsp3) is 0.250. The van der Waals surface area contributed by atoms with Gasteiger partial charge in [-0.25, -0.2) is 4.39 Å².